The number of hydrogen-bond acceptors (Lipinski definition) is 5. The highest BCUT2D eigenvalue weighted by Crippen LogP contribution is 2.25. The monoisotopic (exact) mass is 364 g/mol. The third-order valence-electron chi connectivity index (χ3n) is 4.03. The van der Waals surface area contributed by atoms with Crippen LogP contribution in [-0.4, -0.2) is 27.8 Å². The summed E-state index contributed by atoms with van der Waals surface area (Å²) in [6.45, 7) is 3.65. The SMILES string of the molecule is COc1ccc(C)cc1NC(=O)Cn1ncc(-c2ccc(C)cc2)nc1=O. The number of nitrogens with zero attached hydrogens (tertiary/aromatic N) is 3. The Morgan fingerprint density at radius 2 is 1.81 bits per heavy atom. The van der Waals surface area contributed by atoms with E-state index in [1.54, 1.807) is 12.1 Å². The van der Waals surface area contributed by atoms with Crippen molar-refractivity contribution in [3.05, 3.63) is 70.3 Å². The number of anilines is 1. The summed E-state index contributed by atoms with van der Waals surface area (Å²) in [7, 11) is 1.53. The van der Waals surface area contributed by atoms with E-state index in [2.05, 4.69) is 15.4 Å². The van der Waals surface area contributed by atoms with Gasteiger partial charge in [0.1, 0.15) is 12.3 Å². The molecule has 1 aromatic heterocycles. The summed E-state index contributed by atoms with van der Waals surface area (Å²) < 4.78 is 6.26. The first-order valence-electron chi connectivity index (χ1n) is 8.42. The zero-order chi connectivity index (χ0) is 19.4. The van der Waals surface area contributed by atoms with Crippen molar-refractivity contribution in [2.45, 2.75) is 20.4 Å². The first-order chi connectivity index (χ1) is 13.0. The molecule has 0 radical (unpaired) electrons. The number of aryl methyl sites for hydroxylation is 2. The number of nitrogens with one attached hydrogen (secondary N) is 1. The van der Waals surface area contributed by atoms with E-state index in [0.29, 0.717) is 17.1 Å². The molecule has 7 nitrogen and oxygen atoms in total. The Hall–Kier alpha value is -3.48. The summed E-state index contributed by atoms with van der Waals surface area (Å²) in [6.07, 6.45) is 1.48. The van der Waals surface area contributed by atoms with Gasteiger partial charge < -0.3 is 10.1 Å². The van der Waals surface area contributed by atoms with Crippen LogP contribution in [0.1, 0.15) is 11.1 Å². The molecule has 0 aliphatic carbocycles. The standard InChI is InChI=1S/C20H20N4O3/c1-13-4-7-15(8-5-13)17-11-21-24(20(26)23-17)12-19(25)22-16-10-14(2)6-9-18(16)27-3/h4-11H,12H2,1-3H3,(H,22,25). The Balaban J connectivity index is 1.76. The second-order valence-corrected chi connectivity index (χ2v) is 6.20. The molecule has 7 heteroatoms. The van der Waals surface area contributed by atoms with E-state index in [-0.39, 0.29) is 6.54 Å². The summed E-state index contributed by atoms with van der Waals surface area (Å²) in [4.78, 5) is 28.6. The van der Waals surface area contributed by atoms with Crippen LogP contribution in [0.4, 0.5) is 5.69 Å². The minimum absolute atomic E-state index is 0.239. The minimum atomic E-state index is -0.584. The summed E-state index contributed by atoms with van der Waals surface area (Å²) in [6, 6.07) is 13.1. The van der Waals surface area contributed by atoms with Crippen molar-refractivity contribution in [1.29, 1.82) is 0 Å². The Morgan fingerprint density at radius 3 is 2.48 bits per heavy atom. The summed E-state index contributed by atoms with van der Waals surface area (Å²) in [5.41, 5.74) is 3.32. The number of methoxy groups -OCH3 is 1. The molecule has 1 heterocycles. The van der Waals surface area contributed by atoms with E-state index >= 15 is 0 Å². The number of benzene rings is 2. The first-order valence-corrected chi connectivity index (χ1v) is 8.42. The minimum Gasteiger partial charge on any atom is -0.495 e. The zero-order valence-corrected chi connectivity index (χ0v) is 15.4. The quantitative estimate of drug-likeness (QED) is 0.752. The van der Waals surface area contributed by atoms with Gasteiger partial charge in [-0.3, -0.25) is 4.79 Å². The average Bonchev–Trinajstić information content (AvgIpc) is 2.64. The van der Waals surface area contributed by atoms with Crippen LogP contribution in [0.3, 0.4) is 0 Å². The van der Waals surface area contributed by atoms with Crippen LogP contribution in [0.25, 0.3) is 11.3 Å². The van der Waals surface area contributed by atoms with E-state index in [1.807, 2.05) is 44.2 Å². The van der Waals surface area contributed by atoms with Crippen LogP contribution in [0.2, 0.25) is 0 Å². The van der Waals surface area contributed by atoms with Gasteiger partial charge in [0.05, 0.1) is 24.7 Å². The first kappa shape index (κ1) is 18.3. The molecule has 3 aromatic rings. The van der Waals surface area contributed by atoms with Crippen LogP contribution in [0.5, 0.6) is 5.75 Å². The van der Waals surface area contributed by atoms with Gasteiger partial charge in [-0.1, -0.05) is 35.9 Å². The predicted octanol–water partition coefficient (Wildman–Crippen LogP) is 2.57. The molecule has 0 spiro atoms. The Kier molecular flexibility index (Phi) is 5.30. The number of aromatic nitrogens is 3. The fourth-order valence-electron chi connectivity index (χ4n) is 2.58. The third-order valence-corrected chi connectivity index (χ3v) is 4.03. The molecule has 3 rings (SSSR count). The lowest BCUT2D eigenvalue weighted by Crippen LogP contribution is -2.31. The molecule has 0 fully saturated rings. The molecule has 1 N–H and O–H groups in total. The topological polar surface area (TPSA) is 86.1 Å². The van der Waals surface area contributed by atoms with Gasteiger partial charge in [-0.05, 0) is 31.5 Å². The van der Waals surface area contributed by atoms with Crippen LogP contribution >= 0.6 is 0 Å². The second kappa shape index (κ2) is 7.82. The van der Waals surface area contributed by atoms with Crippen molar-refractivity contribution in [3.63, 3.8) is 0 Å². The van der Waals surface area contributed by atoms with Crippen molar-refractivity contribution in [2.75, 3.05) is 12.4 Å². The molecule has 0 atom stereocenters. The maximum Gasteiger partial charge on any atom is 0.365 e. The van der Waals surface area contributed by atoms with Crippen molar-refractivity contribution in [1.82, 2.24) is 14.8 Å². The lowest BCUT2D eigenvalue weighted by atomic mass is 10.1. The molecule has 27 heavy (non-hydrogen) atoms. The van der Waals surface area contributed by atoms with Crippen molar-refractivity contribution in [2.24, 2.45) is 0 Å². The summed E-state index contributed by atoms with van der Waals surface area (Å²) in [5, 5.41) is 6.81. The van der Waals surface area contributed by atoms with E-state index in [1.165, 1.54) is 13.3 Å². The van der Waals surface area contributed by atoms with Gasteiger partial charge in [-0.25, -0.2) is 9.48 Å². The van der Waals surface area contributed by atoms with Crippen molar-refractivity contribution < 1.29 is 9.53 Å². The molecule has 0 saturated heterocycles. The number of hydrogen-bond donors (Lipinski definition) is 1. The normalized spacial score (nSPS) is 10.5. The van der Waals surface area contributed by atoms with Crippen molar-refractivity contribution >= 4 is 11.6 Å². The maximum atomic E-state index is 12.3. The fraction of sp³-hybridized carbons (Fsp3) is 0.200. The second-order valence-electron chi connectivity index (χ2n) is 6.20. The lowest BCUT2D eigenvalue weighted by Gasteiger charge is -2.11. The molecule has 1 amide bonds. The molecule has 138 valence electrons. The van der Waals surface area contributed by atoms with Gasteiger partial charge in [0.25, 0.3) is 0 Å². The van der Waals surface area contributed by atoms with E-state index in [0.717, 1.165) is 21.4 Å². The highest BCUT2D eigenvalue weighted by molar-refractivity contribution is 5.92. The van der Waals surface area contributed by atoms with Crippen molar-refractivity contribution in [3.8, 4) is 17.0 Å². The number of ether oxygens (including phenoxy) is 1. The van der Waals surface area contributed by atoms with Gasteiger partial charge in [-0.2, -0.15) is 10.1 Å². The summed E-state index contributed by atoms with van der Waals surface area (Å²) in [5.74, 6) is 0.153. The highest BCUT2D eigenvalue weighted by atomic mass is 16.5. The molecular weight excluding hydrogens is 344 g/mol. The number of carbonyl (C=O) groups is 1. The smallest absolute Gasteiger partial charge is 0.365 e. The van der Waals surface area contributed by atoms with Crippen LogP contribution in [0, 0.1) is 13.8 Å². The van der Waals surface area contributed by atoms with Gasteiger partial charge >= 0.3 is 5.69 Å². The zero-order valence-electron chi connectivity index (χ0n) is 15.4. The molecule has 0 unspecified atom stereocenters. The number of carbonyl (C=O) groups excluding carboxylic acids is 1. The van der Waals surface area contributed by atoms with Gasteiger partial charge in [-0.15, -0.1) is 0 Å². The maximum absolute atomic E-state index is 12.3. The van der Waals surface area contributed by atoms with Gasteiger partial charge in [0.2, 0.25) is 5.91 Å². The third kappa shape index (κ3) is 4.38. The molecule has 0 aliphatic heterocycles. The van der Waals surface area contributed by atoms with E-state index < -0.39 is 11.6 Å². The molecular formula is C20H20N4O3. The van der Waals surface area contributed by atoms with Crippen LogP contribution in [0.15, 0.2) is 53.5 Å². The Bertz CT molecular complexity index is 1030. The lowest BCUT2D eigenvalue weighted by molar-refractivity contribution is -0.117. The fourth-order valence-corrected chi connectivity index (χ4v) is 2.58. The average molecular weight is 364 g/mol. The largest absolute Gasteiger partial charge is 0.495 e. The Morgan fingerprint density at radius 1 is 1.11 bits per heavy atom. The van der Waals surface area contributed by atoms with E-state index in [9.17, 15) is 9.59 Å². The molecule has 0 aliphatic rings. The highest BCUT2D eigenvalue weighted by Gasteiger charge is 2.11. The van der Waals surface area contributed by atoms with Gasteiger partial charge in [0.15, 0.2) is 0 Å². The number of amides is 1. The van der Waals surface area contributed by atoms with Crippen LogP contribution in [-0.2, 0) is 11.3 Å². The van der Waals surface area contributed by atoms with Gasteiger partial charge in [0, 0.05) is 5.56 Å². The molecule has 0 bridgehead atoms. The Labute approximate surface area is 156 Å². The number of rotatable bonds is 5. The summed E-state index contributed by atoms with van der Waals surface area (Å²) >= 11 is 0. The molecule has 2 aromatic carbocycles. The van der Waals surface area contributed by atoms with E-state index in [4.69, 9.17) is 4.74 Å². The molecule has 0 saturated carbocycles. The predicted molar refractivity (Wildman–Crippen MR) is 103 cm³/mol. The van der Waals surface area contributed by atoms with Crippen LogP contribution < -0.4 is 15.7 Å².